The summed E-state index contributed by atoms with van der Waals surface area (Å²) in [6.45, 7) is 3.57. The molecule has 7 heteroatoms. The van der Waals surface area contributed by atoms with Crippen LogP contribution in [0.5, 0.6) is 5.75 Å². The van der Waals surface area contributed by atoms with Crippen molar-refractivity contribution in [2.75, 3.05) is 13.1 Å². The third-order valence-electron chi connectivity index (χ3n) is 5.39. The first-order valence-electron chi connectivity index (χ1n) is 9.35. The number of fused-ring (bicyclic) bond motifs is 1. The van der Waals surface area contributed by atoms with E-state index >= 15 is 0 Å². The van der Waals surface area contributed by atoms with Crippen molar-refractivity contribution in [2.45, 2.75) is 25.9 Å². The maximum atomic E-state index is 12.9. The van der Waals surface area contributed by atoms with Crippen LogP contribution in [0.4, 0.5) is 0 Å². The number of likely N-dealkylation sites (tertiary alicyclic amines) is 1. The summed E-state index contributed by atoms with van der Waals surface area (Å²) in [6.07, 6.45) is 3.53. The van der Waals surface area contributed by atoms with Crippen LogP contribution in [0.3, 0.4) is 0 Å². The minimum atomic E-state index is -0.242. The van der Waals surface area contributed by atoms with E-state index in [0.29, 0.717) is 12.5 Å². The summed E-state index contributed by atoms with van der Waals surface area (Å²) >= 11 is 12.1. The number of hydrogen-bond donors (Lipinski definition) is 1. The van der Waals surface area contributed by atoms with Gasteiger partial charge in [-0.1, -0.05) is 53.5 Å². The van der Waals surface area contributed by atoms with E-state index in [0.717, 1.165) is 32.5 Å². The molecule has 0 radical (unpaired) electrons. The molecule has 1 aliphatic rings. The van der Waals surface area contributed by atoms with E-state index in [1.165, 1.54) is 18.0 Å². The Hall–Kier alpha value is -2.08. The first kappa shape index (κ1) is 19.2. The number of aromatic hydroxyl groups is 1. The van der Waals surface area contributed by atoms with Gasteiger partial charge < -0.3 is 5.11 Å². The average molecular weight is 418 g/mol. The predicted molar refractivity (Wildman–Crippen MR) is 112 cm³/mol. The minimum absolute atomic E-state index is 0.0907. The van der Waals surface area contributed by atoms with Crippen molar-refractivity contribution >= 4 is 34.1 Å². The normalized spacial score (nSPS) is 15.9. The molecular weight excluding hydrogens is 397 g/mol. The van der Waals surface area contributed by atoms with Gasteiger partial charge in [0, 0.05) is 13.1 Å². The van der Waals surface area contributed by atoms with E-state index in [1.54, 1.807) is 4.57 Å². The van der Waals surface area contributed by atoms with Crippen molar-refractivity contribution in [1.29, 1.82) is 0 Å². The highest BCUT2D eigenvalue weighted by Crippen LogP contribution is 2.34. The molecule has 146 valence electrons. The summed E-state index contributed by atoms with van der Waals surface area (Å²) < 4.78 is 1.60. The monoisotopic (exact) mass is 417 g/mol. The molecule has 1 aliphatic heterocycles. The lowest BCUT2D eigenvalue weighted by molar-refractivity contribution is 0.166. The molecule has 0 bridgehead atoms. The van der Waals surface area contributed by atoms with Crippen LogP contribution in [0.15, 0.2) is 47.5 Å². The molecule has 1 aromatic heterocycles. The van der Waals surface area contributed by atoms with Crippen LogP contribution < -0.4 is 5.56 Å². The summed E-state index contributed by atoms with van der Waals surface area (Å²) in [5.41, 5.74) is 1.23. The van der Waals surface area contributed by atoms with Gasteiger partial charge in [-0.2, -0.15) is 0 Å². The largest absolute Gasteiger partial charge is 0.504 e. The van der Waals surface area contributed by atoms with Gasteiger partial charge in [-0.05, 0) is 43.5 Å². The molecule has 1 N–H and O–H groups in total. The van der Waals surface area contributed by atoms with Gasteiger partial charge in [0.05, 0.1) is 21.8 Å². The molecule has 0 atom stereocenters. The standard InChI is InChI=1S/C21H21Cl2N3O2/c22-16-10-17(23)20(27)19-18(16)21(28)26(13-24-19)12-15-6-8-25(9-7-15)11-14-4-2-1-3-5-14/h1-5,10,13,15,27H,6-9,11-12H2. The van der Waals surface area contributed by atoms with Crippen molar-refractivity contribution in [3.8, 4) is 5.75 Å². The van der Waals surface area contributed by atoms with Crippen LogP contribution in [0.1, 0.15) is 18.4 Å². The van der Waals surface area contributed by atoms with Gasteiger partial charge >= 0.3 is 0 Å². The van der Waals surface area contributed by atoms with Crippen molar-refractivity contribution in [3.63, 3.8) is 0 Å². The van der Waals surface area contributed by atoms with E-state index in [9.17, 15) is 9.90 Å². The van der Waals surface area contributed by atoms with Gasteiger partial charge in [-0.25, -0.2) is 4.98 Å². The molecule has 0 aliphatic carbocycles. The zero-order chi connectivity index (χ0) is 19.7. The number of phenolic OH excluding ortho intramolecular Hbond substituents is 1. The SMILES string of the molecule is O=c1c2c(Cl)cc(Cl)c(O)c2ncn1CC1CCN(Cc2ccccc2)CC1. The van der Waals surface area contributed by atoms with Gasteiger partial charge in [0.25, 0.3) is 5.56 Å². The molecule has 0 saturated carbocycles. The first-order valence-corrected chi connectivity index (χ1v) is 10.1. The Morgan fingerprint density at radius 1 is 1.11 bits per heavy atom. The fraction of sp³-hybridized carbons (Fsp3) is 0.333. The lowest BCUT2D eigenvalue weighted by atomic mass is 9.96. The fourth-order valence-electron chi connectivity index (χ4n) is 3.83. The van der Waals surface area contributed by atoms with E-state index < -0.39 is 0 Å². The number of rotatable bonds is 4. The quantitative estimate of drug-likeness (QED) is 0.686. The number of nitrogens with zero attached hydrogens (tertiary/aromatic N) is 3. The molecular formula is C21H21Cl2N3O2. The summed E-state index contributed by atoms with van der Waals surface area (Å²) in [4.78, 5) is 19.5. The Kier molecular flexibility index (Phi) is 5.58. The zero-order valence-corrected chi connectivity index (χ0v) is 16.8. The third kappa shape index (κ3) is 3.88. The molecule has 4 rings (SSSR count). The first-order chi connectivity index (χ1) is 13.5. The lowest BCUT2D eigenvalue weighted by Gasteiger charge is -2.32. The van der Waals surface area contributed by atoms with Crippen molar-refractivity contribution in [3.05, 3.63) is 68.7 Å². The minimum Gasteiger partial charge on any atom is -0.504 e. The number of piperidine rings is 1. The summed E-state index contributed by atoms with van der Waals surface area (Å²) in [6, 6.07) is 11.9. The van der Waals surface area contributed by atoms with Gasteiger partial charge in [-0.15, -0.1) is 0 Å². The van der Waals surface area contributed by atoms with Gasteiger partial charge in [0.2, 0.25) is 0 Å². The van der Waals surface area contributed by atoms with Gasteiger partial charge in [0.15, 0.2) is 5.75 Å². The van der Waals surface area contributed by atoms with Gasteiger partial charge in [0.1, 0.15) is 5.52 Å². The topological polar surface area (TPSA) is 58.4 Å². The van der Waals surface area contributed by atoms with E-state index in [1.807, 2.05) is 6.07 Å². The molecule has 2 aromatic carbocycles. The van der Waals surface area contributed by atoms with Crippen molar-refractivity contribution < 1.29 is 5.11 Å². The molecule has 5 nitrogen and oxygen atoms in total. The van der Waals surface area contributed by atoms with E-state index in [-0.39, 0.29) is 32.3 Å². The van der Waals surface area contributed by atoms with Gasteiger partial charge in [-0.3, -0.25) is 14.3 Å². The Balaban J connectivity index is 1.46. The van der Waals surface area contributed by atoms with E-state index in [2.05, 4.69) is 34.1 Å². The molecule has 0 unspecified atom stereocenters. The average Bonchev–Trinajstić information content (AvgIpc) is 2.70. The number of phenols is 1. The third-order valence-corrected chi connectivity index (χ3v) is 5.98. The highest BCUT2D eigenvalue weighted by Gasteiger charge is 2.21. The Morgan fingerprint density at radius 3 is 2.54 bits per heavy atom. The van der Waals surface area contributed by atoms with Crippen LogP contribution in [0.25, 0.3) is 10.9 Å². The maximum Gasteiger partial charge on any atom is 0.262 e. The maximum absolute atomic E-state index is 12.9. The van der Waals surface area contributed by atoms with E-state index in [4.69, 9.17) is 23.2 Å². The second-order valence-corrected chi connectivity index (χ2v) is 8.13. The molecule has 0 amide bonds. The lowest BCUT2D eigenvalue weighted by Crippen LogP contribution is -2.36. The van der Waals surface area contributed by atoms with Crippen LogP contribution in [-0.2, 0) is 13.1 Å². The number of aromatic nitrogens is 2. The summed E-state index contributed by atoms with van der Waals surface area (Å²) in [5, 5.41) is 10.6. The van der Waals surface area contributed by atoms with Crippen molar-refractivity contribution in [1.82, 2.24) is 14.5 Å². The van der Waals surface area contributed by atoms with Crippen molar-refractivity contribution in [2.24, 2.45) is 5.92 Å². The molecule has 1 saturated heterocycles. The molecule has 0 spiro atoms. The van der Waals surface area contributed by atoms with Crippen LogP contribution in [0, 0.1) is 5.92 Å². The smallest absolute Gasteiger partial charge is 0.262 e. The predicted octanol–water partition coefficient (Wildman–Crippen LogP) is 4.32. The highest BCUT2D eigenvalue weighted by atomic mass is 35.5. The van der Waals surface area contributed by atoms with Crippen LogP contribution in [-0.4, -0.2) is 32.6 Å². The molecule has 28 heavy (non-hydrogen) atoms. The second kappa shape index (κ2) is 8.11. The summed E-state index contributed by atoms with van der Waals surface area (Å²) in [7, 11) is 0. The fourth-order valence-corrected chi connectivity index (χ4v) is 4.36. The molecule has 3 aromatic rings. The van der Waals surface area contributed by atoms with Crippen LogP contribution in [0.2, 0.25) is 10.0 Å². The highest BCUT2D eigenvalue weighted by molar-refractivity contribution is 6.39. The summed E-state index contributed by atoms with van der Waals surface area (Å²) in [5.74, 6) is 0.197. The Labute approximate surface area is 173 Å². The molecule has 1 fully saturated rings. The second-order valence-electron chi connectivity index (χ2n) is 7.32. The van der Waals surface area contributed by atoms with Crippen LogP contribution >= 0.6 is 23.2 Å². The number of benzene rings is 2. The number of hydrogen-bond acceptors (Lipinski definition) is 4. The zero-order valence-electron chi connectivity index (χ0n) is 15.3. The Bertz CT molecular complexity index is 1040. The molecule has 2 heterocycles. The number of halogens is 2. The Morgan fingerprint density at radius 2 is 1.82 bits per heavy atom.